The van der Waals surface area contributed by atoms with E-state index in [-0.39, 0.29) is 34.6 Å². The summed E-state index contributed by atoms with van der Waals surface area (Å²) in [5.74, 6) is -1.45. The van der Waals surface area contributed by atoms with Crippen LogP contribution in [0.2, 0.25) is 0 Å². The molecule has 4 rings (SSSR count). The van der Waals surface area contributed by atoms with Gasteiger partial charge >= 0.3 is 0 Å². The van der Waals surface area contributed by atoms with E-state index in [0.29, 0.717) is 24.1 Å². The first-order valence-corrected chi connectivity index (χ1v) is 13.1. The molecule has 0 atom stereocenters. The topological polar surface area (TPSA) is 109 Å². The van der Waals surface area contributed by atoms with Gasteiger partial charge in [0.1, 0.15) is 5.69 Å². The van der Waals surface area contributed by atoms with Crippen molar-refractivity contribution in [2.24, 2.45) is 5.73 Å². The summed E-state index contributed by atoms with van der Waals surface area (Å²) in [5, 5.41) is 4.17. The highest BCUT2D eigenvalue weighted by Gasteiger charge is 2.24. The number of nitrogens with two attached hydrogens (primary N) is 1. The van der Waals surface area contributed by atoms with Crippen molar-refractivity contribution in [2.75, 3.05) is 0 Å². The van der Waals surface area contributed by atoms with Crippen molar-refractivity contribution in [1.29, 1.82) is 0 Å². The standard InChI is InChI=1S/C18H22FN3O3.C13H13NO/c1-5-6-13-16(18(20)24)21-22(17(13)11(4)23)12-7-8-15(14(19)9-12)25-10(2)3;1-10-5-7-12(8-6-10)14-9-3-4-11(2)13(14)15/h7-10H,5-6H2,1-4H3,(H2,20,24);3-9H,1-2H3. The van der Waals surface area contributed by atoms with Crippen molar-refractivity contribution >= 4 is 11.7 Å². The van der Waals surface area contributed by atoms with E-state index >= 15 is 0 Å². The number of rotatable bonds is 8. The number of aromatic nitrogens is 3. The Kier molecular flexibility index (Phi) is 9.77. The van der Waals surface area contributed by atoms with E-state index in [1.165, 1.54) is 29.3 Å². The third kappa shape index (κ3) is 6.91. The Balaban J connectivity index is 0.000000249. The molecule has 2 aromatic heterocycles. The zero-order valence-corrected chi connectivity index (χ0v) is 23.7. The van der Waals surface area contributed by atoms with Crippen LogP contribution in [0.4, 0.5) is 4.39 Å². The summed E-state index contributed by atoms with van der Waals surface area (Å²) in [7, 11) is 0. The number of primary amides is 1. The van der Waals surface area contributed by atoms with Crippen LogP contribution in [0, 0.1) is 19.7 Å². The number of benzene rings is 2. The molecule has 0 aliphatic carbocycles. The second kappa shape index (κ2) is 13.0. The number of Topliss-reactive ketones (excluding diaryl/α,β-unsaturated/α-hetero) is 1. The van der Waals surface area contributed by atoms with Crippen LogP contribution in [0.5, 0.6) is 5.75 Å². The second-order valence-electron chi connectivity index (χ2n) is 9.74. The number of carbonyl (C=O) groups excluding carboxylic acids is 2. The lowest BCUT2D eigenvalue weighted by molar-refractivity contribution is 0.0991. The van der Waals surface area contributed by atoms with Crippen LogP contribution in [0.15, 0.2) is 65.6 Å². The Bertz CT molecular complexity index is 1570. The molecule has 0 unspecified atom stereocenters. The molecule has 0 aliphatic heterocycles. The first kappa shape index (κ1) is 30.0. The van der Waals surface area contributed by atoms with Gasteiger partial charge in [0.05, 0.1) is 11.8 Å². The number of hydrogen-bond donors (Lipinski definition) is 1. The fraction of sp³-hybridized carbons (Fsp3) is 0.290. The number of pyridine rings is 1. The molecule has 210 valence electrons. The predicted molar refractivity (Wildman–Crippen MR) is 153 cm³/mol. The van der Waals surface area contributed by atoms with Crippen molar-refractivity contribution in [3.05, 3.63) is 105 Å². The summed E-state index contributed by atoms with van der Waals surface area (Å²) in [6.07, 6.45) is 2.81. The smallest absolute Gasteiger partial charge is 0.269 e. The van der Waals surface area contributed by atoms with E-state index in [2.05, 4.69) is 5.10 Å². The zero-order chi connectivity index (χ0) is 29.6. The lowest BCUT2D eigenvalue weighted by Crippen LogP contribution is -2.19. The van der Waals surface area contributed by atoms with Gasteiger partial charge in [-0.2, -0.15) is 5.10 Å². The molecule has 4 aromatic rings. The number of hydrogen-bond acceptors (Lipinski definition) is 5. The summed E-state index contributed by atoms with van der Waals surface area (Å²) >= 11 is 0. The second-order valence-corrected chi connectivity index (χ2v) is 9.74. The Morgan fingerprint density at radius 3 is 2.25 bits per heavy atom. The average molecular weight is 547 g/mol. The summed E-state index contributed by atoms with van der Waals surface area (Å²) in [6.45, 7) is 10.7. The van der Waals surface area contributed by atoms with Gasteiger partial charge in [0, 0.05) is 36.0 Å². The lowest BCUT2D eigenvalue weighted by atomic mass is 10.0. The lowest BCUT2D eigenvalue weighted by Gasteiger charge is -2.12. The molecule has 0 radical (unpaired) electrons. The van der Waals surface area contributed by atoms with Crippen molar-refractivity contribution in [2.45, 2.75) is 60.5 Å². The van der Waals surface area contributed by atoms with Gasteiger partial charge in [0.2, 0.25) is 0 Å². The first-order valence-electron chi connectivity index (χ1n) is 13.1. The Morgan fingerprint density at radius 1 is 1.05 bits per heavy atom. The third-order valence-electron chi connectivity index (χ3n) is 6.02. The Morgan fingerprint density at radius 2 is 1.70 bits per heavy atom. The van der Waals surface area contributed by atoms with Crippen molar-refractivity contribution in [3.8, 4) is 17.1 Å². The molecule has 1 amide bonds. The Hall–Kier alpha value is -4.53. The first-order chi connectivity index (χ1) is 18.9. The molecule has 2 aromatic carbocycles. The van der Waals surface area contributed by atoms with Crippen LogP contribution >= 0.6 is 0 Å². The monoisotopic (exact) mass is 546 g/mol. The molecule has 0 bridgehead atoms. The molecule has 0 aliphatic rings. The molecular formula is C31H35FN4O4. The van der Waals surface area contributed by atoms with Gasteiger partial charge in [0.15, 0.2) is 23.0 Å². The van der Waals surface area contributed by atoms with Crippen molar-refractivity contribution in [1.82, 2.24) is 14.3 Å². The molecule has 40 heavy (non-hydrogen) atoms. The quantitative estimate of drug-likeness (QED) is 0.293. The molecular weight excluding hydrogens is 511 g/mol. The highest BCUT2D eigenvalue weighted by molar-refractivity contribution is 6.00. The number of aryl methyl sites for hydroxylation is 2. The predicted octanol–water partition coefficient (Wildman–Crippen LogP) is 5.51. The number of carbonyl (C=O) groups is 2. The molecule has 0 fully saturated rings. The van der Waals surface area contributed by atoms with Crippen LogP contribution in [0.3, 0.4) is 0 Å². The van der Waals surface area contributed by atoms with E-state index in [1.54, 1.807) is 30.7 Å². The maximum absolute atomic E-state index is 14.3. The van der Waals surface area contributed by atoms with Gasteiger partial charge in [-0.3, -0.25) is 19.0 Å². The van der Waals surface area contributed by atoms with Crippen molar-refractivity contribution in [3.63, 3.8) is 0 Å². The SMILES string of the molecule is CCCc1c(C(N)=O)nn(-c2ccc(OC(C)C)c(F)c2)c1C(C)=O.Cc1ccc(-n2cccc(C)c2=O)cc1. The number of ether oxygens (including phenoxy) is 1. The molecule has 9 heteroatoms. The van der Waals surface area contributed by atoms with Gasteiger partial charge in [-0.05, 0) is 64.4 Å². The number of nitrogens with zero attached hydrogens (tertiary/aromatic N) is 3. The van der Waals surface area contributed by atoms with E-state index in [0.717, 1.165) is 11.3 Å². The molecule has 8 nitrogen and oxygen atoms in total. The van der Waals surface area contributed by atoms with E-state index < -0.39 is 11.7 Å². The largest absolute Gasteiger partial charge is 0.488 e. The van der Waals surface area contributed by atoms with Crippen LogP contribution in [-0.4, -0.2) is 32.1 Å². The van der Waals surface area contributed by atoms with E-state index in [4.69, 9.17) is 10.5 Å². The maximum Gasteiger partial charge on any atom is 0.269 e. The summed E-state index contributed by atoms with van der Waals surface area (Å²) < 4.78 is 22.6. The molecule has 0 spiro atoms. The van der Waals surface area contributed by atoms with E-state index in [1.807, 2.05) is 57.2 Å². The van der Waals surface area contributed by atoms with Crippen LogP contribution in [0.25, 0.3) is 11.4 Å². The molecule has 0 saturated heterocycles. The van der Waals surface area contributed by atoms with E-state index in [9.17, 15) is 18.8 Å². The van der Waals surface area contributed by atoms with Crippen LogP contribution < -0.4 is 16.0 Å². The molecule has 2 N–H and O–H groups in total. The number of halogens is 1. The minimum absolute atomic E-state index is 0.0370. The minimum atomic E-state index is -0.718. The fourth-order valence-electron chi connectivity index (χ4n) is 4.17. The highest BCUT2D eigenvalue weighted by Crippen LogP contribution is 2.25. The summed E-state index contributed by atoms with van der Waals surface area (Å²) in [5.41, 5.74) is 9.40. The summed E-state index contributed by atoms with van der Waals surface area (Å²) in [4.78, 5) is 35.7. The van der Waals surface area contributed by atoms with Gasteiger partial charge in [-0.25, -0.2) is 9.07 Å². The van der Waals surface area contributed by atoms with Gasteiger partial charge in [-0.15, -0.1) is 0 Å². The van der Waals surface area contributed by atoms with Gasteiger partial charge in [-0.1, -0.05) is 37.1 Å². The zero-order valence-electron chi connectivity index (χ0n) is 23.7. The molecule has 2 heterocycles. The number of ketones is 1. The normalized spacial score (nSPS) is 10.7. The van der Waals surface area contributed by atoms with Gasteiger partial charge < -0.3 is 10.5 Å². The van der Waals surface area contributed by atoms with Crippen LogP contribution in [-0.2, 0) is 6.42 Å². The third-order valence-corrected chi connectivity index (χ3v) is 6.02. The maximum atomic E-state index is 14.3. The van der Waals surface area contributed by atoms with Crippen LogP contribution in [0.1, 0.15) is 71.8 Å². The van der Waals surface area contributed by atoms with Crippen molar-refractivity contribution < 1.29 is 18.7 Å². The Labute approximate surface area is 233 Å². The average Bonchev–Trinajstić information content (AvgIpc) is 3.28. The molecule has 0 saturated carbocycles. The fourth-order valence-corrected chi connectivity index (χ4v) is 4.17. The number of amides is 1. The highest BCUT2D eigenvalue weighted by atomic mass is 19.1. The van der Waals surface area contributed by atoms with Gasteiger partial charge in [0.25, 0.3) is 11.5 Å². The summed E-state index contributed by atoms with van der Waals surface area (Å²) in [6, 6.07) is 15.9. The minimum Gasteiger partial charge on any atom is -0.488 e.